The molecule has 2 aromatic rings. The molecule has 0 saturated carbocycles. The molecule has 0 atom stereocenters. The third kappa shape index (κ3) is 2.96. The van der Waals surface area contributed by atoms with Crippen molar-refractivity contribution in [2.75, 3.05) is 17.7 Å². The van der Waals surface area contributed by atoms with Gasteiger partial charge in [-0.15, -0.1) is 0 Å². The summed E-state index contributed by atoms with van der Waals surface area (Å²) in [4.78, 5) is 8.09. The lowest BCUT2D eigenvalue weighted by molar-refractivity contribution is 1.16. The molecular formula is C11H9Cl3N4. The molecule has 1 heterocycles. The number of nitrogens with zero attached hydrogens (tertiary/aromatic N) is 2. The second kappa shape index (κ2) is 5.61. The minimum atomic E-state index is 0.408. The van der Waals surface area contributed by atoms with Crippen LogP contribution in [0.15, 0.2) is 24.5 Å². The highest BCUT2D eigenvalue weighted by molar-refractivity contribution is 6.44. The monoisotopic (exact) mass is 302 g/mol. The molecule has 94 valence electrons. The molecule has 0 saturated heterocycles. The first-order valence-electron chi connectivity index (χ1n) is 5.01. The molecule has 0 bridgehead atoms. The van der Waals surface area contributed by atoms with Gasteiger partial charge in [-0.05, 0) is 12.1 Å². The van der Waals surface area contributed by atoms with Crippen molar-refractivity contribution in [1.82, 2.24) is 9.97 Å². The Hall–Kier alpha value is -1.23. The zero-order chi connectivity index (χ0) is 13.1. The van der Waals surface area contributed by atoms with Gasteiger partial charge in [-0.3, -0.25) is 0 Å². The van der Waals surface area contributed by atoms with E-state index in [1.165, 1.54) is 6.33 Å². The van der Waals surface area contributed by atoms with Crippen molar-refractivity contribution in [2.45, 2.75) is 0 Å². The topological polar surface area (TPSA) is 49.8 Å². The molecule has 2 rings (SSSR count). The Labute approximate surface area is 119 Å². The normalized spacial score (nSPS) is 10.2. The summed E-state index contributed by atoms with van der Waals surface area (Å²) < 4.78 is 0. The van der Waals surface area contributed by atoms with Gasteiger partial charge in [-0.1, -0.05) is 34.8 Å². The highest BCUT2D eigenvalue weighted by Gasteiger charge is 2.07. The van der Waals surface area contributed by atoms with Crippen LogP contribution in [-0.4, -0.2) is 17.0 Å². The van der Waals surface area contributed by atoms with Crippen LogP contribution < -0.4 is 10.6 Å². The van der Waals surface area contributed by atoms with E-state index in [1.54, 1.807) is 25.2 Å². The minimum Gasteiger partial charge on any atom is -0.373 e. The van der Waals surface area contributed by atoms with Crippen LogP contribution in [0.4, 0.5) is 17.3 Å². The zero-order valence-corrected chi connectivity index (χ0v) is 11.6. The Balaban J connectivity index is 2.30. The van der Waals surface area contributed by atoms with Crippen molar-refractivity contribution in [1.29, 1.82) is 0 Å². The minimum absolute atomic E-state index is 0.408. The van der Waals surface area contributed by atoms with E-state index in [2.05, 4.69) is 20.6 Å². The predicted octanol–water partition coefficient (Wildman–Crippen LogP) is 4.22. The van der Waals surface area contributed by atoms with Crippen LogP contribution in [0, 0.1) is 0 Å². The van der Waals surface area contributed by atoms with Gasteiger partial charge in [-0.25, -0.2) is 9.97 Å². The molecule has 0 spiro atoms. The van der Waals surface area contributed by atoms with Crippen LogP contribution in [0.1, 0.15) is 0 Å². The average molecular weight is 304 g/mol. The summed E-state index contributed by atoms with van der Waals surface area (Å²) in [6, 6.07) is 4.97. The fourth-order valence-electron chi connectivity index (χ4n) is 1.32. The largest absolute Gasteiger partial charge is 0.373 e. The molecule has 0 aliphatic carbocycles. The van der Waals surface area contributed by atoms with E-state index in [4.69, 9.17) is 34.8 Å². The van der Waals surface area contributed by atoms with Gasteiger partial charge in [0, 0.05) is 13.1 Å². The van der Waals surface area contributed by atoms with Crippen molar-refractivity contribution < 1.29 is 0 Å². The Morgan fingerprint density at radius 1 is 0.889 bits per heavy atom. The van der Waals surface area contributed by atoms with Crippen molar-refractivity contribution in [3.63, 3.8) is 0 Å². The maximum atomic E-state index is 6.06. The van der Waals surface area contributed by atoms with Crippen LogP contribution in [0.3, 0.4) is 0 Å². The smallest absolute Gasteiger partial charge is 0.135 e. The van der Waals surface area contributed by atoms with E-state index in [-0.39, 0.29) is 0 Å². The van der Waals surface area contributed by atoms with E-state index in [0.29, 0.717) is 32.4 Å². The lowest BCUT2D eigenvalue weighted by Gasteiger charge is -2.09. The fraction of sp³-hybridized carbons (Fsp3) is 0.0909. The molecule has 7 heteroatoms. The van der Waals surface area contributed by atoms with Crippen LogP contribution in [0.2, 0.25) is 15.1 Å². The van der Waals surface area contributed by atoms with Crippen molar-refractivity contribution in [2.24, 2.45) is 0 Å². The number of halogens is 3. The van der Waals surface area contributed by atoms with Crippen LogP contribution in [-0.2, 0) is 0 Å². The third-order valence-electron chi connectivity index (χ3n) is 2.20. The van der Waals surface area contributed by atoms with Crippen LogP contribution >= 0.6 is 34.8 Å². The molecule has 0 aliphatic rings. The summed E-state index contributed by atoms with van der Waals surface area (Å²) in [7, 11) is 1.78. The van der Waals surface area contributed by atoms with Gasteiger partial charge in [0.2, 0.25) is 0 Å². The second-order valence-electron chi connectivity index (χ2n) is 3.41. The fourth-order valence-corrected chi connectivity index (χ4v) is 1.91. The molecule has 1 aromatic carbocycles. The van der Waals surface area contributed by atoms with E-state index < -0.39 is 0 Å². The molecule has 0 unspecified atom stereocenters. The second-order valence-corrected chi connectivity index (χ2v) is 4.63. The lowest BCUT2D eigenvalue weighted by atomic mass is 10.3. The number of rotatable bonds is 3. The average Bonchev–Trinajstić information content (AvgIpc) is 2.36. The maximum Gasteiger partial charge on any atom is 0.135 e. The predicted molar refractivity (Wildman–Crippen MR) is 76.3 cm³/mol. The van der Waals surface area contributed by atoms with Gasteiger partial charge in [0.15, 0.2) is 0 Å². The standard InChI is InChI=1S/C11H9Cl3N4/c1-15-10-4-11(17-5-16-10)18-9-3-7(13)6(12)2-8(9)14/h2-5H,1H3,(H2,15,16,17,18). The van der Waals surface area contributed by atoms with Gasteiger partial charge in [-0.2, -0.15) is 0 Å². The van der Waals surface area contributed by atoms with Crippen molar-refractivity contribution in [3.8, 4) is 0 Å². The number of nitrogens with one attached hydrogen (secondary N) is 2. The first-order valence-corrected chi connectivity index (χ1v) is 6.15. The molecular weight excluding hydrogens is 295 g/mol. The summed E-state index contributed by atoms with van der Waals surface area (Å²) in [5.41, 5.74) is 0.631. The summed E-state index contributed by atoms with van der Waals surface area (Å²) >= 11 is 17.9. The molecule has 0 fully saturated rings. The lowest BCUT2D eigenvalue weighted by Crippen LogP contribution is -1.98. The Morgan fingerprint density at radius 2 is 1.56 bits per heavy atom. The summed E-state index contributed by atoms with van der Waals surface area (Å²) in [6.07, 6.45) is 1.44. The highest BCUT2D eigenvalue weighted by Crippen LogP contribution is 2.33. The van der Waals surface area contributed by atoms with Gasteiger partial charge < -0.3 is 10.6 Å². The number of benzene rings is 1. The molecule has 4 nitrogen and oxygen atoms in total. The summed E-state index contributed by atoms with van der Waals surface area (Å²) in [6.45, 7) is 0. The maximum absolute atomic E-state index is 6.06. The van der Waals surface area contributed by atoms with Crippen LogP contribution in [0.25, 0.3) is 0 Å². The third-order valence-corrected chi connectivity index (χ3v) is 3.23. The van der Waals surface area contributed by atoms with Crippen molar-refractivity contribution >= 4 is 52.1 Å². The first-order chi connectivity index (χ1) is 8.60. The van der Waals surface area contributed by atoms with Gasteiger partial charge in [0.05, 0.1) is 20.8 Å². The Bertz CT molecular complexity index is 574. The van der Waals surface area contributed by atoms with Gasteiger partial charge >= 0.3 is 0 Å². The highest BCUT2D eigenvalue weighted by atomic mass is 35.5. The van der Waals surface area contributed by atoms with E-state index in [9.17, 15) is 0 Å². The van der Waals surface area contributed by atoms with Gasteiger partial charge in [0.25, 0.3) is 0 Å². The summed E-state index contributed by atoms with van der Waals surface area (Å²) in [5, 5.41) is 7.26. The number of hydrogen-bond acceptors (Lipinski definition) is 4. The Morgan fingerprint density at radius 3 is 2.28 bits per heavy atom. The van der Waals surface area contributed by atoms with E-state index >= 15 is 0 Å². The van der Waals surface area contributed by atoms with Crippen molar-refractivity contribution in [3.05, 3.63) is 39.6 Å². The number of anilines is 3. The quantitative estimate of drug-likeness (QED) is 0.833. The Kier molecular flexibility index (Phi) is 4.11. The molecule has 2 N–H and O–H groups in total. The first kappa shape index (κ1) is 13.2. The number of aromatic nitrogens is 2. The molecule has 0 amide bonds. The summed E-state index contributed by atoms with van der Waals surface area (Å²) in [5.74, 6) is 1.30. The van der Waals surface area contributed by atoms with Gasteiger partial charge in [0.1, 0.15) is 18.0 Å². The van der Waals surface area contributed by atoms with E-state index in [0.717, 1.165) is 0 Å². The van der Waals surface area contributed by atoms with Crippen LogP contribution in [0.5, 0.6) is 0 Å². The zero-order valence-electron chi connectivity index (χ0n) is 9.34. The SMILES string of the molecule is CNc1cc(Nc2cc(Cl)c(Cl)cc2Cl)ncn1. The molecule has 0 radical (unpaired) electrons. The van der Waals surface area contributed by atoms with E-state index in [1.807, 2.05) is 0 Å². The molecule has 1 aromatic heterocycles. The molecule has 18 heavy (non-hydrogen) atoms. The molecule has 0 aliphatic heterocycles. The number of hydrogen-bond donors (Lipinski definition) is 2.